The fraction of sp³-hybridized carbons (Fsp3) is 0.235. The predicted octanol–water partition coefficient (Wildman–Crippen LogP) is 2.09. The Hall–Kier alpha value is -2.09. The molecule has 1 aromatic rings. The molecule has 0 amide bonds. The van der Waals surface area contributed by atoms with E-state index in [1.165, 1.54) is 11.1 Å². The number of hydrogen-bond acceptors (Lipinski definition) is 2. The third kappa shape index (κ3) is 3.02. The lowest BCUT2D eigenvalue weighted by Gasteiger charge is -2.17. The van der Waals surface area contributed by atoms with Crippen molar-refractivity contribution in [3.05, 3.63) is 58.0 Å². The first-order valence-electron chi connectivity index (χ1n) is 6.43. The zero-order valence-electron chi connectivity index (χ0n) is 11.2. The molecule has 0 unspecified atom stereocenters. The van der Waals surface area contributed by atoms with Gasteiger partial charge in [-0.2, -0.15) is 0 Å². The molecule has 0 bridgehead atoms. The van der Waals surface area contributed by atoms with E-state index >= 15 is 0 Å². The number of carbonyl (C=O) groups is 1. The van der Waals surface area contributed by atoms with E-state index < -0.39 is 0 Å². The lowest BCUT2D eigenvalue weighted by Crippen LogP contribution is -2.27. The van der Waals surface area contributed by atoms with Crippen LogP contribution in [-0.4, -0.2) is 13.1 Å². The van der Waals surface area contributed by atoms with Crippen molar-refractivity contribution in [1.29, 1.82) is 0 Å². The molecule has 1 aromatic carbocycles. The summed E-state index contributed by atoms with van der Waals surface area (Å²) < 4.78 is 5.00. The summed E-state index contributed by atoms with van der Waals surface area (Å²) in [6, 6.07) is 7.96. The lowest BCUT2D eigenvalue weighted by atomic mass is 9.91. The highest BCUT2D eigenvalue weighted by Crippen LogP contribution is 2.25. The van der Waals surface area contributed by atoms with Crippen LogP contribution in [0.25, 0.3) is 12.2 Å². The minimum Gasteiger partial charge on any atom is -0.463 e. The molecule has 98 valence electrons. The monoisotopic (exact) mass is 254 g/mol. The topological polar surface area (TPSA) is 26.3 Å². The highest BCUT2D eigenvalue weighted by molar-refractivity contribution is 5.69. The van der Waals surface area contributed by atoms with E-state index in [0.717, 1.165) is 28.9 Å². The second-order valence-electron chi connectivity index (χ2n) is 4.65. The molecule has 19 heavy (non-hydrogen) atoms. The van der Waals surface area contributed by atoms with Gasteiger partial charge in [-0.1, -0.05) is 43.0 Å². The van der Waals surface area contributed by atoms with Gasteiger partial charge in [0.2, 0.25) is 0 Å². The van der Waals surface area contributed by atoms with Crippen LogP contribution >= 0.6 is 0 Å². The summed E-state index contributed by atoms with van der Waals surface area (Å²) in [5.74, 6) is 0. The average Bonchev–Trinajstić information content (AvgIpc) is 2.42. The maximum atomic E-state index is 10.5. The fourth-order valence-electron chi connectivity index (χ4n) is 2.43. The smallest absolute Gasteiger partial charge is 0.293 e. The van der Waals surface area contributed by atoms with Crippen molar-refractivity contribution in [3.8, 4) is 0 Å². The van der Waals surface area contributed by atoms with E-state index in [-0.39, 0.29) is 0 Å². The molecule has 0 N–H and O–H groups in total. The van der Waals surface area contributed by atoms with Crippen LogP contribution in [0.4, 0.5) is 0 Å². The van der Waals surface area contributed by atoms with Crippen molar-refractivity contribution in [2.45, 2.75) is 19.8 Å². The highest BCUT2D eigenvalue weighted by Gasteiger charge is 2.12. The molecule has 2 rings (SSSR count). The molecule has 0 saturated carbocycles. The van der Waals surface area contributed by atoms with Gasteiger partial charge in [-0.15, -0.1) is 0 Å². The Balaban J connectivity index is 2.64. The van der Waals surface area contributed by atoms with Gasteiger partial charge >= 0.3 is 0 Å². The van der Waals surface area contributed by atoms with Crippen LogP contribution in [0.1, 0.15) is 19.8 Å². The number of hydrogen-bond donors (Lipinski definition) is 0. The van der Waals surface area contributed by atoms with Gasteiger partial charge in [0.1, 0.15) is 6.61 Å². The molecule has 0 saturated heterocycles. The van der Waals surface area contributed by atoms with E-state index in [0.29, 0.717) is 13.1 Å². The summed E-state index contributed by atoms with van der Waals surface area (Å²) >= 11 is 0. The summed E-state index contributed by atoms with van der Waals surface area (Å²) in [4.78, 5) is 10.5. The van der Waals surface area contributed by atoms with Crippen molar-refractivity contribution >= 4 is 18.6 Å². The lowest BCUT2D eigenvalue weighted by molar-refractivity contribution is -0.127. The number of carbonyl (C=O) groups excluding carboxylic acids is 1. The molecule has 0 radical (unpaired) electrons. The van der Waals surface area contributed by atoms with Gasteiger partial charge in [0, 0.05) is 5.57 Å². The number of rotatable bonds is 4. The molecule has 0 aromatic heterocycles. The van der Waals surface area contributed by atoms with Crippen molar-refractivity contribution in [2.75, 3.05) is 6.61 Å². The van der Waals surface area contributed by atoms with E-state index in [9.17, 15) is 4.79 Å². The Labute approximate surface area is 113 Å². The standard InChI is InChI=1S/C17H18O2/c1-13-7-3-5-9-15(13)17(11-19-12-18)16-10-6-4-8-14(16)2/h3-5,7-9,12H,1,6,10-11H2,2H3/b17-15-. The maximum absolute atomic E-state index is 10.5. The van der Waals surface area contributed by atoms with Crippen LogP contribution in [-0.2, 0) is 9.53 Å². The average molecular weight is 254 g/mol. The van der Waals surface area contributed by atoms with Crippen LogP contribution in [0, 0.1) is 0 Å². The minimum atomic E-state index is 0.302. The van der Waals surface area contributed by atoms with Crippen molar-refractivity contribution in [2.24, 2.45) is 0 Å². The first kappa shape index (κ1) is 13.3. The molecule has 0 spiro atoms. The molecule has 1 aliphatic carbocycles. The molecule has 0 atom stereocenters. The molecular formula is C17H18O2. The Morgan fingerprint density at radius 3 is 2.89 bits per heavy atom. The van der Waals surface area contributed by atoms with E-state index in [4.69, 9.17) is 4.74 Å². The zero-order valence-corrected chi connectivity index (χ0v) is 11.2. The van der Waals surface area contributed by atoms with Crippen LogP contribution in [0.3, 0.4) is 0 Å². The summed E-state index contributed by atoms with van der Waals surface area (Å²) in [6.45, 7) is 6.96. The van der Waals surface area contributed by atoms with Gasteiger partial charge in [0.05, 0.1) is 0 Å². The fourth-order valence-corrected chi connectivity index (χ4v) is 2.43. The Morgan fingerprint density at radius 2 is 2.21 bits per heavy atom. The van der Waals surface area contributed by atoms with Crippen molar-refractivity contribution in [3.63, 3.8) is 0 Å². The van der Waals surface area contributed by atoms with Crippen LogP contribution < -0.4 is 10.4 Å². The SMILES string of the molecule is C=c1cccc/c1=C(\COC=O)C1=C(C)C=CCC1. The molecule has 0 fully saturated rings. The van der Waals surface area contributed by atoms with Crippen LogP contribution in [0.5, 0.6) is 0 Å². The predicted molar refractivity (Wildman–Crippen MR) is 77.7 cm³/mol. The van der Waals surface area contributed by atoms with E-state index in [1.807, 2.05) is 24.3 Å². The third-order valence-electron chi connectivity index (χ3n) is 3.41. The molecule has 0 heterocycles. The molecule has 0 aliphatic heterocycles. The van der Waals surface area contributed by atoms with Crippen molar-refractivity contribution < 1.29 is 9.53 Å². The quantitative estimate of drug-likeness (QED) is 0.769. The Kier molecular flexibility index (Phi) is 4.35. The molecule has 2 heteroatoms. The summed E-state index contributed by atoms with van der Waals surface area (Å²) in [5, 5.41) is 2.02. The first-order chi connectivity index (χ1) is 9.24. The van der Waals surface area contributed by atoms with Gasteiger partial charge in [-0.3, -0.25) is 4.79 Å². The summed E-state index contributed by atoms with van der Waals surface area (Å²) in [7, 11) is 0. The number of ether oxygens (including phenoxy) is 1. The summed E-state index contributed by atoms with van der Waals surface area (Å²) in [6.07, 6.45) is 6.31. The van der Waals surface area contributed by atoms with Gasteiger partial charge in [0.15, 0.2) is 0 Å². The van der Waals surface area contributed by atoms with Crippen LogP contribution in [0.15, 0.2) is 47.6 Å². The summed E-state index contributed by atoms with van der Waals surface area (Å²) in [5.41, 5.74) is 3.57. The van der Waals surface area contributed by atoms with Gasteiger partial charge in [-0.05, 0) is 41.3 Å². The van der Waals surface area contributed by atoms with Crippen molar-refractivity contribution in [1.82, 2.24) is 0 Å². The van der Waals surface area contributed by atoms with Crippen LogP contribution in [0.2, 0.25) is 0 Å². The normalized spacial score (nSPS) is 16.3. The van der Waals surface area contributed by atoms with Gasteiger partial charge < -0.3 is 4.74 Å². The van der Waals surface area contributed by atoms with Gasteiger partial charge in [0.25, 0.3) is 6.47 Å². The Morgan fingerprint density at radius 1 is 1.42 bits per heavy atom. The zero-order chi connectivity index (χ0) is 13.7. The molecule has 1 aliphatic rings. The first-order valence-corrected chi connectivity index (χ1v) is 6.43. The van der Waals surface area contributed by atoms with E-state index in [2.05, 4.69) is 25.7 Å². The molecular weight excluding hydrogens is 236 g/mol. The third-order valence-corrected chi connectivity index (χ3v) is 3.41. The van der Waals surface area contributed by atoms with Gasteiger partial charge in [-0.25, -0.2) is 0 Å². The largest absolute Gasteiger partial charge is 0.463 e. The highest BCUT2D eigenvalue weighted by atomic mass is 16.5. The number of allylic oxidation sites excluding steroid dienone is 3. The van der Waals surface area contributed by atoms with E-state index in [1.54, 1.807) is 0 Å². The second kappa shape index (κ2) is 6.19. The Bertz CT molecular complexity index is 635. The maximum Gasteiger partial charge on any atom is 0.293 e. The minimum absolute atomic E-state index is 0.302. The second-order valence-corrected chi connectivity index (χ2v) is 4.65. The molecule has 2 nitrogen and oxygen atoms in total. The number of benzene rings is 1.